The number of likely N-dealkylation sites (tertiary alicyclic amines) is 3. The number of aryl methyl sites for hydroxylation is 2. The minimum absolute atomic E-state index is 0.00495. The molecule has 0 spiro atoms. The van der Waals surface area contributed by atoms with E-state index in [0.717, 1.165) is 116 Å². The number of aliphatic hydroxyl groups excluding tert-OH is 1. The van der Waals surface area contributed by atoms with E-state index in [-0.39, 0.29) is 47.9 Å². The summed E-state index contributed by atoms with van der Waals surface area (Å²) in [6.45, 7) is 19.4. The van der Waals surface area contributed by atoms with Crippen LogP contribution < -0.4 is 31.1 Å². The second-order valence-electron chi connectivity index (χ2n) is 21.3. The first-order valence-electron chi connectivity index (χ1n) is 28.0. The molecule has 0 aliphatic carbocycles. The molecule has 4 fully saturated rings. The minimum atomic E-state index is -0.561. The summed E-state index contributed by atoms with van der Waals surface area (Å²) in [5.41, 5.74) is 6.72. The normalized spacial score (nSPS) is 21.9. The molecule has 2 aromatic carbocycles. The van der Waals surface area contributed by atoms with E-state index in [9.17, 15) is 14.7 Å². The van der Waals surface area contributed by atoms with Gasteiger partial charge in [-0.2, -0.15) is 0 Å². The molecule has 17 nitrogen and oxygen atoms in total. The summed E-state index contributed by atoms with van der Waals surface area (Å²) in [5, 5.41) is 25.7. The average Bonchev–Trinajstić information content (AvgIpc) is 4.26. The molecule has 4 saturated heterocycles. The molecule has 7 heterocycles. The number of amides is 2. The summed E-state index contributed by atoms with van der Waals surface area (Å²) in [7, 11) is 0. The predicted octanol–water partition coefficient (Wildman–Crippen LogP) is 6.76. The van der Waals surface area contributed by atoms with Crippen molar-refractivity contribution < 1.29 is 33.1 Å². The standard InChI is InChI=1S/C60H76FN11O6S/c1-6-42-10-8-11-45(26-49(74)7-2)52(42)29-54-56(61)57(53(30-64-54)59(62-5)72-32-47-17-18-48(33-72)68-47)65-37-76-25-24-70-22-19-41(20-23-70)31-71-34-51(35-71)77-55-28-50(78-69-55)27-46(12-9-21-63-36-73)60(75)67-39(3)43-13-15-44(16-14-43)58-40(4)66-38-79-58/h7-8,10-11,13-16,26,28-30,36,38-39,41,46-48,51,68,74H,5-6,9,12,17-25,27,31-35,37H2,1-4H3,(H,63,73)(H,67,75)/b45-26-,49-7+,52-29+,59-53+,65-57?. The third-order valence-electron chi connectivity index (χ3n) is 15.8. The lowest BCUT2D eigenvalue weighted by Crippen LogP contribution is -2.55. The van der Waals surface area contributed by atoms with E-state index in [2.05, 4.69) is 69.6 Å². The van der Waals surface area contributed by atoms with Crippen molar-refractivity contribution in [2.75, 3.05) is 72.2 Å². The number of carbonyl (C=O) groups is 2. The molecule has 2 aromatic heterocycles. The fourth-order valence-corrected chi connectivity index (χ4v) is 12.2. The van der Waals surface area contributed by atoms with E-state index in [0.29, 0.717) is 86.3 Å². The third-order valence-corrected chi connectivity index (χ3v) is 16.8. The summed E-state index contributed by atoms with van der Waals surface area (Å²) in [6, 6.07) is 16.3. The number of aliphatic hydroxyl groups is 1. The number of aliphatic imine (C=N–C) groups is 3. The quantitative estimate of drug-likeness (QED) is 0.0236. The molecule has 4 aromatic rings. The van der Waals surface area contributed by atoms with Gasteiger partial charge in [-0.05, 0) is 142 Å². The van der Waals surface area contributed by atoms with Crippen molar-refractivity contribution in [1.82, 2.24) is 40.8 Å². The van der Waals surface area contributed by atoms with E-state index >= 15 is 4.39 Å². The van der Waals surface area contributed by atoms with Crippen LogP contribution in [0.25, 0.3) is 22.6 Å². The van der Waals surface area contributed by atoms with Crippen LogP contribution in [0.3, 0.4) is 0 Å². The van der Waals surface area contributed by atoms with E-state index in [1.807, 2.05) is 56.6 Å². The summed E-state index contributed by atoms with van der Waals surface area (Å²) < 4.78 is 35.0. The Morgan fingerprint density at radius 1 is 1.09 bits per heavy atom. The third kappa shape index (κ3) is 14.8. The Bertz CT molecular complexity index is 3030. The molecule has 5 aliphatic heterocycles. The summed E-state index contributed by atoms with van der Waals surface area (Å²) in [5.74, 6) is 1.23. The number of thiazole rings is 1. The van der Waals surface area contributed by atoms with E-state index in [1.165, 1.54) is 0 Å². The number of rotatable bonds is 25. The van der Waals surface area contributed by atoms with Crippen molar-refractivity contribution in [3.05, 3.63) is 122 Å². The highest BCUT2D eigenvalue weighted by molar-refractivity contribution is 7.13. The summed E-state index contributed by atoms with van der Waals surface area (Å²) >= 11 is 1.61. The molecule has 79 heavy (non-hydrogen) atoms. The number of hydrogen-bond acceptors (Lipinski definition) is 16. The van der Waals surface area contributed by atoms with Gasteiger partial charge in [-0.1, -0.05) is 49.4 Å². The van der Waals surface area contributed by atoms with Gasteiger partial charge in [-0.25, -0.2) is 14.4 Å². The van der Waals surface area contributed by atoms with Crippen LogP contribution in [0, 0.1) is 18.8 Å². The number of piperazine rings is 1. The van der Waals surface area contributed by atoms with Crippen molar-refractivity contribution in [3.8, 4) is 16.3 Å². The molecule has 19 heteroatoms. The van der Waals surface area contributed by atoms with Gasteiger partial charge in [-0.3, -0.25) is 24.5 Å². The number of nitrogens with zero attached hydrogens (tertiary/aromatic N) is 8. The number of fused-ring (bicyclic) bond motifs is 2. The molecule has 420 valence electrons. The highest BCUT2D eigenvalue weighted by Crippen LogP contribution is 2.31. The number of carbonyl (C=O) groups excluding carboxylic acids is 2. The van der Waals surface area contributed by atoms with Crippen LogP contribution in [-0.2, 0) is 27.2 Å². The van der Waals surface area contributed by atoms with Crippen molar-refractivity contribution in [1.29, 1.82) is 0 Å². The van der Waals surface area contributed by atoms with Crippen LogP contribution >= 0.6 is 11.3 Å². The van der Waals surface area contributed by atoms with Gasteiger partial charge >= 0.3 is 0 Å². The zero-order valence-electron chi connectivity index (χ0n) is 46.0. The molecule has 0 saturated carbocycles. The maximum atomic E-state index is 17.0. The number of ether oxygens (including phenoxy) is 2. The minimum Gasteiger partial charge on any atom is -0.508 e. The molecule has 4 N–H and O–H groups in total. The summed E-state index contributed by atoms with van der Waals surface area (Å²) in [6.07, 6.45) is 14.0. The lowest BCUT2D eigenvalue weighted by atomic mass is 9.94. The van der Waals surface area contributed by atoms with Gasteiger partial charge in [0.2, 0.25) is 12.3 Å². The fourth-order valence-electron chi connectivity index (χ4n) is 11.3. The molecule has 2 bridgehead atoms. The number of piperidine rings is 1. The molecular formula is C60H76FN11O6S. The lowest BCUT2D eigenvalue weighted by molar-refractivity contribution is -0.126. The maximum Gasteiger partial charge on any atom is 0.254 e. The molecule has 5 aliphatic rings. The predicted molar refractivity (Wildman–Crippen MR) is 309 cm³/mol. The van der Waals surface area contributed by atoms with E-state index in [4.69, 9.17) is 19.0 Å². The van der Waals surface area contributed by atoms with Gasteiger partial charge < -0.3 is 44.9 Å². The van der Waals surface area contributed by atoms with Crippen molar-refractivity contribution in [2.45, 2.75) is 103 Å². The number of hydrogen-bond donors (Lipinski definition) is 4. The Morgan fingerprint density at radius 3 is 2.58 bits per heavy atom. The van der Waals surface area contributed by atoms with Gasteiger partial charge in [0.15, 0.2) is 5.83 Å². The zero-order chi connectivity index (χ0) is 55.3. The van der Waals surface area contributed by atoms with Crippen molar-refractivity contribution >= 4 is 54.4 Å². The highest BCUT2D eigenvalue weighted by atomic mass is 32.1. The van der Waals surface area contributed by atoms with Crippen molar-refractivity contribution in [3.63, 3.8) is 0 Å². The van der Waals surface area contributed by atoms with Gasteiger partial charge in [0.05, 0.1) is 34.3 Å². The smallest absolute Gasteiger partial charge is 0.254 e. The number of allylic oxidation sites excluding steroid dienone is 5. The van der Waals surface area contributed by atoms with E-state index in [1.54, 1.807) is 48.8 Å². The van der Waals surface area contributed by atoms with Crippen LogP contribution in [0.1, 0.15) is 87.9 Å². The number of halogens is 1. The Balaban J connectivity index is 0.737. The van der Waals surface area contributed by atoms with Crippen LogP contribution in [0.4, 0.5) is 4.39 Å². The van der Waals surface area contributed by atoms with Gasteiger partial charge in [0.25, 0.3) is 5.88 Å². The van der Waals surface area contributed by atoms with E-state index < -0.39 is 5.83 Å². The first kappa shape index (κ1) is 57.1. The first-order valence-corrected chi connectivity index (χ1v) is 28.9. The van der Waals surface area contributed by atoms with Crippen molar-refractivity contribution in [2.24, 2.45) is 26.8 Å². The lowest BCUT2D eigenvalue weighted by Gasteiger charge is -2.42. The second-order valence-corrected chi connectivity index (χ2v) is 22.2. The SMILES string of the molecule is C=N/C(=C1/C=NC(\C=c2/c(CC)ccc/c2=C/C(O)=C\C)=C(F)C1=NCOCCN1CCC(CN2CC(Oc3cc(CC(CCCNC=O)C(=O)NC(C)c4ccc(-c5scnc5C)cc4)on3)C2)CC1)N1CC2CCC(C1)N2. The van der Waals surface area contributed by atoms with Gasteiger partial charge in [0.1, 0.15) is 41.6 Å². The average molecular weight is 1100 g/mol. The fraction of sp³-hybridized carbons (Fsp3) is 0.483. The van der Waals surface area contributed by atoms with Crippen LogP contribution in [0.15, 0.2) is 108 Å². The largest absolute Gasteiger partial charge is 0.508 e. The summed E-state index contributed by atoms with van der Waals surface area (Å²) in [4.78, 5) is 51.0. The monoisotopic (exact) mass is 1100 g/mol. The Labute approximate surface area is 466 Å². The first-order chi connectivity index (χ1) is 38.5. The molecule has 9 rings (SSSR count). The Kier molecular flexibility index (Phi) is 19.9. The zero-order valence-corrected chi connectivity index (χ0v) is 46.9. The maximum absolute atomic E-state index is 17.0. The molecule has 4 unspecified atom stereocenters. The topological polar surface area (TPSA) is 195 Å². The molecule has 4 atom stereocenters. The van der Waals surface area contributed by atoms with Gasteiger partial charge in [0, 0.05) is 82.5 Å². The van der Waals surface area contributed by atoms with Crippen LogP contribution in [-0.4, -0.2) is 151 Å². The second kappa shape index (κ2) is 27.5. The Hall–Kier alpha value is -6.64. The van der Waals surface area contributed by atoms with Crippen LogP contribution in [0.2, 0.25) is 0 Å². The number of benzene rings is 2. The molecule has 0 radical (unpaired) electrons. The van der Waals surface area contributed by atoms with Crippen LogP contribution in [0.5, 0.6) is 5.88 Å². The molecular weight excluding hydrogens is 1020 g/mol. The highest BCUT2D eigenvalue weighted by Gasteiger charge is 2.36. The number of aromatic nitrogens is 2. The Morgan fingerprint density at radius 2 is 1.87 bits per heavy atom. The number of nitrogens with one attached hydrogen (secondary N) is 3. The van der Waals surface area contributed by atoms with Gasteiger partial charge in [-0.15, -0.1) is 11.3 Å². The molecule has 2 amide bonds.